The van der Waals surface area contributed by atoms with Crippen LogP contribution in [0.5, 0.6) is 0 Å². The minimum absolute atomic E-state index is 0.367. The number of nitrogens with one attached hydrogen (secondary N) is 2. The summed E-state index contributed by atoms with van der Waals surface area (Å²) in [7, 11) is 0. The summed E-state index contributed by atoms with van der Waals surface area (Å²) in [5.74, 6) is -0.415. The van der Waals surface area contributed by atoms with Crippen molar-refractivity contribution in [2.45, 2.75) is 19.9 Å². The molecule has 4 nitrogen and oxygen atoms in total. The lowest BCUT2D eigenvalue weighted by Gasteiger charge is -2.08. The van der Waals surface area contributed by atoms with E-state index in [2.05, 4.69) is 24.1 Å². The van der Waals surface area contributed by atoms with Gasteiger partial charge in [-0.1, -0.05) is 0 Å². The van der Waals surface area contributed by atoms with Crippen molar-refractivity contribution in [3.05, 3.63) is 28.7 Å². The summed E-state index contributed by atoms with van der Waals surface area (Å²) in [5, 5.41) is 3.24. The molecule has 2 rings (SSSR count). The van der Waals surface area contributed by atoms with Crippen LogP contribution < -0.4 is 11.1 Å². The number of hydrogen-bond acceptors (Lipinski definition) is 3. The molecule has 0 amide bonds. The molecular formula is C10H12N2O2. The van der Waals surface area contributed by atoms with Crippen LogP contribution in [-0.2, 0) is 0 Å². The summed E-state index contributed by atoms with van der Waals surface area (Å²) in [6.45, 7) is 4.12. The van der Waals surface area contributed by atoms with Crippen LogP contribution in [0.2, 0.25) is 0 Å². The topological polar surface area (TPSA) is 58.0 Å². The van der Waals surface area contributed by atoms with Crippen LogP contribution in [0.25, 0.3) is 11.1 Å². The average molecular weight is 192 g/mol. The normalized spacial score (nSPS) is 11.1. The third-order valence-electron chi connectivity index (χ3n) is 1.87. The second kappa shape index (κ2) is 3.21. The minimum atomic E-state index is -0.415. The fraction of sp³-hybridized carbons (Fsp3) is 0.300. The Labute approximate surface area is 80.9 Å². The van der Waals surface area contributed by atoms with Gasteiger partial charge in [-0.25, -0.2) is 4.79 Å². The summed E-state index contributed by atoms with van der Waals surface area (Å²) < 4.78 is 4.89. The van der Waals surface area contributed by atoms with Crippen LogP contribution in [-0.4, -0.2) is 11.0 Å². The number of aromatic amines is 1. The molecule has 0 unspecified atom stereocenters. The maximum absolute atomic E-state index is 10.9. The first-order valence-electron chi connectivity index (χ1n) is 4.54. The van der Waals surface area contributed by atoms with E-state index in [4.69, 9.17) is 4.42 Å². The first-order chi connectivity index (χ1) is 6.65. The van der Waals surface area contributed by atoms with Gasteiger partial charge in [-0.2, -0.15) is 0 Å². The Morgan fingerprint density at radius 2 is 2.21 bits per heavy atom. The molecule has 14 heavy (non-hydrogen) atoms. The third-order valence-corrected chi connectivity index (χ3v) is 1.87. The standard InChI is InChI=1S/C10H12N2O2/c1-6(2)11-7-3-4-9-8(5-7)12-10(13)14-9/h3-6,11H,1-2H3,(H,12,13). The van der Waals surface area contributed by atoms with Gasteiger partial charge in [0.05, 0.1) is 5.52 Å². The second-order valence-corrected chi connectivity index (χ2v) is 3.52. The van der Waals surface area contributed by atoms with Gasteiger partial charge < -0.3 is 9.73 Å². The molecule has 1 aromatic heterocycles. The predicted molar refractivity (Wildman–Crippen MR) is 55.6 cm³/mol. The molecule has 0 aliphatic carbocycles. The van der Waals surface area contributed by atoms with Crippen LogP contribution in [0.15, 0.2) is 27.4 Å². The molecule has 4 heteroatoms. The van der Waals surface area contributed by atoms with Crippen LogP contribution in [0, 0.1) is 0 Å². The van der Waals surface area contributed by atoms with E-state index in [0.29, 0.717) is 11.6 Å². The van der Waals surface area contributed by atoms with Crippen molar-refractivity contribution < 1.29 is 4.42 Å². The quantitative estimate of drug-likeness (QED) is 0.764. The van der Waals surface area contributed by atoms with Crippen LogP contribution in [0.3, 0.4) is 0 Å². The van der Waals surface area contributed by atoms with Crippen molar-refractivity contribution in [2.75, 3.05) is 5.32 Å². The molecule has 74 valence electrons. The van der Waals surface area contributed by atoms with Crippen molar-refractivity contribution in [1.82, 2.24) is 4.98 Å². The maximum Gasteiger partial charge on any atom is 0.417 e. The first-order valence-corrected chi connectivity index (χ1v) is 4.54. The Balaban J connectivity index is 2.45. The van der Waals surface area contributed by atoms with E-state index in [-0.39, 0.29) is 0 Å². The van der Waals surface area contributed by atoms with E-state index < -0.39 is 5.76 Å². The van der Waals surface area contributed by atoms with E-state index in [0.717, 1.165) is 11.2 Å². The number of rotatable bonds is 2. The lowest BCUT2D eigenvalue weighted by atomic mass is 10.2. The molecule has 2 N–H and O–H groups in total. The fourth-order valence-electron chi connectivity index (χ4n) is 1.38. The molecule has 0 saturated heterocycles. The molecule has 1 heterocycles. The van der Waals surface area contributed by atoms with Crippen molar-refractivity contribution in [3.8, 4) is 0 Å². The molecule has 0 radical (unpaired) electrons. The molecule has 0 spiro atoms. The minimum Gasteiger partial charge on any atom is -0.408 e. The van der Waals surface area contributed by atoms with Crippen molar-refractivity contribution in [3.63, 3.8) is 0 Å². The SMILES string of the molecule is CC(C)Nc1ccc2oc(=O)[nH]c2c1. The fourth-order valence-corrected chi connectivity index (χ4v) is 1.38. The highest BCUT2D eigenvalue weighted by atomic mass is 16.4. The lowest BCUT2D eigenvalue weighted by Crippen LogP contribution is -2.09. The van der Waals surface area contributed by atoms with E-state index >= 15 is 0 Å². The maximum atomic E-state index is 10.9. The largest absolute Gasteiger partial charge is 0.417 e. The van der Waals surface area contributed by atoms with Crippen LogP contribution >= 0.6 is 0 Å². The molecule has 0 saturated carbocycles. The van der Waals surface area contributed by atoms with Gasteiger partial charge in [0, 0.05) is 11.7 Å². The first kappa shape index (κ1) is 8.87. The number of fused-ring (bicyclic) bond motifs is 1. The highest BCUT2D eigenvalue weighted by Crippen LogP contribution is 2.16. The van der Waals surface area contributed by atoms with Gasteiger partial charge in [0.25, 0.3) is 0 Å². The van der Waals surface area contributed by atoms with Crippen molar-refractivity contribution in [2.24, 2.45) is 0 Å². The van der Waals surface area contributed by atoms with Gasteiger partial charge in [0.2, 0.25) is 0 Å². The Morgan fingerprint density at radius 3 is 2.93 bits per heavy atom. The monoisotopic (exact) mass is 192 g/mol. The Kier molecular flexibility index (Phi) is 2.04. The van der Waals surface area contributed by atoms with Crippen LogP contribution in [0.4, 0.5) is 5.69 Å². The summed E-state index contributed by atoms with van der Waals surface area (Å²) >= 11 is 0. The molecule has 0 fully saturated rings. The highest BCUT2D eigenvalue weighted by Gasteiger charge is 2.02. The molecule has 0 aliphatic rings. The molecule has 2 aromatic rings. The highest BCUT2D eigenvalue weighted by molar-refractivity contribution is 5.76. The molecule has 0 aliphatic heterocycles. The van der Waals surface area contributed by atoms with E-state index in [1.54, 1.807) is 6.07 Å². The van der Waals surface area contributed by atoms with Gasteiger partial charge in [-0.3, -0.25) is 4.98 Å². The summed E-state index contributed by atoms with van der Waals surface area (Å²) in [4.78, 5) is 13.5. The number of aromatic nitrogens is 1. The number of hydrogen-bond donors (Lipinski definition) is 2. The molecule has 1 aromatic carbocycles. The Morgan fingerprint density at radius 1 is 1.43 bits per heavy atom. The molecule has 0 bridgehead atoms. The summed E-state index contributed by atoms with van der Waals surface area (Å²) in [5.41, 5.74) is 2.29. The molecule has 0 atom stereocenters. The molecular weight excluding hydrogens is 180 g/mol. The third kappa shape index (κ3) is 1.64. The van der Waals surface area contributed by atoms with Gasteiger partial charge in [0.1, 0.15) is 0 Å². The lowest BCUT2D eigenvalue weighted by molar-refractivity contribution is 0.555. The van der Waals surface area contributed by atoms with E-state index in [9.17, 15) is 4.79 Å². The van der Waals surface area contributed by atoms with Gasteiger partial charge in [-0.05, 0) is 32.0 Å². The average Bonchev–Trinajstić information content (AvgIpc) is 2.42. The Bertz CT molecular complexity index is 496. The number of oxazole rings is 1. The second-order valence-electron chi connectivity index (χ2n) is 3.52. The van der Waals surface area contributed by atoms with Crippen molar-refractivity contribution in [1.29, 1.82) is 0 Å². The van der Waals surface area contributed by atoms with Gasteiger partial charge in [-0.15, -0.1) is 0 Å². The number of benzene rings is 1. The zero-order chi connectivity index (χ0) is 10.1. The van der Waals surface area contributed by atoms with E-state index in [1.807, 2.05) is 12.1 Å². The van der Waals surface area contributed by atoms with Gasteiger partial charge >= 0.3 is 5.76 Å². The number of H-pyrrole nitrogens is 1. The zero-order valence-electron chi connectivity index (χ0n) is 8.13. The summed E-state index contributed by atoms with van der Waals surface area (Å²) in [6, 6.07) is 5.89. The Hall–Kier alpha value is -1.71. The smallest absolute Gasteiger partial charge is 0.408 e. The van der Waals surface area contributed by atoms with E-state index in [1.165, 1.54) is 0 Å². The summed E-state index contributed by atoms with van der Waals surface area (Å²) in [6.07, 6.45) is 0. The van der Waals surface area contributed by atoms with Crippen molar-refractivity contribution >= 4 is 16.8 Å². The number of anilines is 1. The van der Waals surface area contributed by atoms with Gasteiger partial charge in [0.15, 0.2) is 5.58 Å². The van der Waals surface area contributed by atoms with Crippen LogP contribution in [0.1, 0.15) is 13.8 Å². The predicted octanol–water partition coefficient (Wildman–Crippen LogP) is 1.94. The zero-order valence-corrected chi connectivity index (χ0v) is 8.13.